The van der Waals surface area contributed by atoms with Gasteiger partial charge in [0.05, 0.1) is 0 Å². The molecule has 0 unspecified atom stereocenters. The van der Waals surface area contributed by atoms with E-state index in [1.54, 1.807) is 24.3 Å². The molecule has 0 atom stereocenters. The van der Waals surface area contributed by atoms with Crippen LogP contribution in [0.1, 0.15) is 5.56 Å². The number of aromatic nitrogens is 2. The van der Waals surface area contributed by atoms with Crippen molar-refractivity contribution in [3.63, 3.8) is 0 Å². The van der Waals surface area contributed by atoms with Crippen molar-refractivity contribution < 1.29 is 0 Å². The van der Waals surface area contributed by atoms with Crippen LogP contribution in [-0.4, -0.2) is 16.5 Å². The van der Waals surface area contributed by atoms with Gasteiger partial charge in [-0.2, -0.15) is 0 Å². The summed E-state index contributed by atoms with van der Waals surface area (Å²) in [4.78, 5) is 9.30. The summed E-state index contributed by atoms with van der Waals surface area (Å²) in [6, 6.07) is 8.13. The van der Waals surface area contributed by atoms with Crippen molar-refractivity contribution in [1.82, 2.24) is 9.97 Å². The Balaban J connectivity index is 2.27. The molecule has 3 nitrogen and oxygen atoms in total. The summed E-state index contributed by atoms with van der Waals surface area (Å²) < 4.78 is 1.06. The second kappa shape index (κ2) is 6.14. The maximum absolute atomic E-state index is 5.61. The van der Waals surface area contributed by atoms with E-state index in [0.29, 0.717) is 6.54 Å². The maximum atomic E-state index is 5.61. The van der Waals surface area contributed by atoms with Crippen molar-refractivity contribution >= 4 is 27.7 Å². The lowest BCUT2D eigenvalue weighted by atomic mass is 10.1. The SMILES string of the molecule is NCCc1ccc(Br)cc1Sc1ccncn1. The Hall–Kier alpha value is -0.910. The summed E-state index contributed by atoms with van der Waals surface area (Å²) in [6.45, 7) is 0.652. The van der Waals surface area contributed by atoms with Gasteiger partial charge in [0.1, 0.15) is 11.4 Å². The third-order valence-corrected chi connectivity index (χ3v) is 3.76. The van der Waals surface area contributed by atoms with E-state index in [4.69, 9.17) is 5.73 Å². The zero-order valence-electron chi connectivity index (χ0n) is 9.14. The lowest BCUT2D eigenvalue weighted by Crippen LogP contribution is -2.03. The molecular weight excluding hydrogens is 298 g/mol. The number of nitrogens with two attached hydrogens (primary N) is 1. The minimum absolute atomic E-state index is 0.652. The van der Waals surface area contributed by atoms with Gasteiger partial charge < -0.3 is 5.73 Å². The van der Waals surface area contributed by atoms with Gasteiger partial charge in [0.25, 0.3) is 0 Å². The molecule has 0 aliphatic rings. The minimum Gasteiger partial charge on any atom is -0.330 e. The zero-order valence-corrected chi connectivity index (χ0v) is 11.5. The van der Waals surface area contributed by atoms with Gasteiger partial charge in [-0.15, -0.1) is 0 Å². The number of benzene rings is 1. The molecule has 0 saturated carbocycles. The van der Waals surface area contributed by atoms with Crippen molar-refractivity contribution in [2.45, 2.75) is 16.3 Å². The molecule has 1 heterocycles. The smallest absolute Gasteiger partial charge is 0.116 e. The quantitative estimate of drug-likeness (QED) is 0.882. The molecular formula is C12H12BrN3S. The van der Waals surface area contributed by atoms with Crippen LogP contribution in [0, 0.1) is 0 Å². The lowest BCUT2D eigenvalue weighted by Gasteiger charge is -2.08. The van der Waals surface area contributed by atoms with Gasteiger partial charge in [0.15, 0.2) is 0 Å². The summed E-state index contributed by atoms with van der Waals surface area (Å²) in [6.07, 6.45) is 4.18. The van der Waals surface area contributed by atoms with E-state index in [9.17, 15) is 0 Å². The Bertz CT molecular complexity index is 490. The first kappa shape index (κ1) is 12.5. The van der Waals surface area contributed by atoms with Crippen LogP contribution in [0.5, 0.6) is 0 Å². The first-order chi connectivity index (χ1) is 8.29. The van der Waals surface area contributed by atoms with Crippen molar-refractivity contribution in [3.8, 4) is 0 Å². The van der Waals surface area contributed by atoms with Crippen LogP contribution in [0.3, 0.4) is 0 Å². The Morgan fingerprint density at radius 2 is 2.18 bits per heavy atom. The van der Waals surface area contributed by atoms with Gasteiger partial charge in [-0.25, -0.2) is 9.97 Å². The van der Waals surface area contributed by atoms with Crippen molar-refractivity contribution in [3.05, 3.63) is 46.8 Å². The molecule has 2 N–H and O–H groups in total. The highest BCUT2D eigenvalue weighted by Crippen LogP contribution is 2.31. The predicted molar refractivity (Wildman–Crippen MR) is 73.1 cm³/mol. The minimum atomic E-state index is 0.652. The molecule has 0 saturated heterocycles. The van der Waals surface area contributed by atoms with Gasteiger partial charge >= 0.3 is 0 Å². The first-order valence-corrected chi connectivity index (χ1v) is 6.83. The Kier molecular flexibility index (Phi) is 4.53. The molecule has 5 heteroatoms. The highest BCUT2D eigenvalue weighted by Gasteiger charge is 2.05. The van der Waals surface area contributed by atoms with E-state index >= 15 is 0 Å². The molecule has 1 aromatic heterocycles. The van der Waals surface area contributed by atoms with E-state index in [-0.39, 0.29) is 0 Å². The molecule has 2 rings (SSSR count). The standard InChI is InChI=1S/C12H12BrN3S/c13-10-2-1-9(3-5-14)11(7-10)17-12-4-6-15-8-16-12/h1-2,4,6-8H,3,5,14H2. The monoisotopic (exact) mass is 309 g/mol. The second-order valence-electron chi connectivity index (χ2n) is 3.44. The summed E-state index contributed by atoms with van der Waals surface area (Å²) in [5.74, 6) is 0. The van der Waals surface area contributed by atoms with Crippen LogP contribution < -0.4 is 5.73 Å². The van der Waals surface area contributed by atoms with E-state index in [1.807, 2.05) is 12.1 Å². The summed E-state index contributed by atoms with van der Waals surface area (Å²) in [5.41, 5.74) is 6.86. The van der Waals surface area contributed by atoms with Gasteiger partial charge in [-0.05, 0) is 36.7 Å². The molecule has 0 aliphatic heterocycles. The molecule has 0 spiro atoms. The maximum Gasteiger partial charge on any atom is 0.116 e. The zero-order chi connectivity index (χ0) is 12.1. The summed E-state index contributed by atoms with van der Waals surface area (Å²) >= 11 is 5.12. The van der Waals surface area contributed by atoms with E-state index in [1.165, 1.54) is 10.5 Å². The Morgan fingerprint density at radius 1 is 1.29 bits per heavy atom. The van der Waals surface area contributed by atoms with Gasteiger partial charge in [0.2, 0.25) is 0 Å². The molecule has 88 valence electrons. The van der Waals surface area contributed by atoms with Crippen molar-refractivity contribution in [1.29, 1.82) is 0 Å². The largest absolute Gasteiger partial charge is 0.330 e. The van der Waals surface area contributed by atoms with Gasteiger partial charge in [0, 0.05) is 15.6 Å². The molecule has 0 radical (unpaired) electrons. The van der Waals surface area contributed by atoms with Crippen molar-refractivity contribution in [2.75, 3.05) is 6.54 Å². The van der Waals surface area contributed by atoms with Crippen LogP contribution in [-0.2, 0) is 6.42 Å². The molecule has 0 fully saturated rings. The van der Waals surface area contributed by atoms with Crippen molar-refractivity contribution in [2.24, 2.45) is 5.73 Å². The van der Waals surface area contributed by atoms with Gasteiger partial charge in [-0.3, -0.25) is 0 Å². The topological polar surface area (TPSA) is 51.8 Å². The third kappa shape index (κ3) is 3.52. The molecule has 1 aromatic carbocycles. The Labute approximate surface area is 113 Å². The van der Waals surface area contributed by atoms with E-state index in [2.05, 4.69) is 38.0 Å². The average molecular weight is 310 g/mol. The molecule has 17 heavy (non-hydrogen) atoms. The second-order valence-corrected chi connectivity index (χ2v) is 5.42. The normalized spacial score (nSPS) is 10.5. The molecule has 0 amide bonds. The fourth-order valence-corrected chi connectivity index (χ4v) is 2.89. The molecule has 2 aromatic rings. The lowest BCUT2D eigenvalue weighted by molar-refractivity contribution is 0.941. The van der Waals surface area contributed by atoms with E-state index in [0.717, 1.165) is 15.9 Å². The summed E-state index contributed by atoms with van der Waals surface area (Å²) in [5, 5.41) is 0.941. The number of nitrogens with zero attached hydrogens (tertiary/aromatic N) is 2. The van der Waals surface area contributed by atoms with Crippen LogP contribution >= 0.6 is 27.7 Å². The summed E-state index contributed by atoms with van der Waals surface area (Å²) in [7, 11) is 0. The fraction of sp³-hybridized carbons (Fsp3) is 0.167. The highest BCUT2D eigenvalue weighted by molar-refractivity contribution is 9.10. The van der Waals surface area contributed by atoms with Gasteiger partial charge in [-0.1, -0.05) is 33.8 Å². The highest BCUT2D eigenvalue weighted by atomic mass is 79.9. The average Bonchev–Trinajstić information content (AvgIpc) is 2.34. The number of hydrogen-bond donors (Lipinski definition) is 1. The number of rotatable bonds is 4. The van der Waals surface area contributed by atoms with Crippen LogP contribution in [0.25, 0.3) is 0 Å². The molecule has 0 bridgehead atoms. The fourth-order valence-electron chi connectivity index (χ4n) is 1.44. The molecule has 0 aliphatic carbocycles. The van der Waals surface area contributed by atoms with Crippen LogP contribution in [0.2, 0.25) is 0 Å². The van der Waals surface area contributed by atoms with E-state index < -0.39 is 0 Å². The Morgan fingerprint density at radius 3 is 2.88 bits per heavy atom. The van der Waals surface area contributed by atoms with Crippen LogP contribution in [0.4, 0.5) is 0 Å². The number of halogens is 1. The number of hydrogen-bond acceptors (Lipinski definition) is 4. The predicted octanol–water partition coefficient (Wildman–Crippen LogP) is 2.89. The third-order valence-electron chi connectivity index (χ3n) is 2.21. The first-order valence-electron chi connectivity index (χ1n) is 5.22. The van der Waals surface area contributed by atoms with Crippen LogP contribution in [0.15, 0.2) is 51.2 Å².